The predicted octanol–water partition coefficient (Wildman–Crippen LogP) is 4.07. The van der Waals surface area contributed by atoms with Gasteiger partial charge < -0.3 is 4.74 Å². The van der Waals surface area contributed by atoms with E-state index in [4.69, 9.17) is 4.74 Å². The smallest absolute Gasteiger partial charge is 0.0689 e. The Morgan fingerprint density at radius 2 is 1.88 bits per heavy atom. The molecular formula is C16H22O. The van der Waals surface area contributed by atoms with E-state index in [1.54, 1.807) is 0 Å². The molecule has 2 aliphatic rings. The van der Waals surface area contributed by atoms with Gasteiger partial charge in [-0.15, -0.1) is 0 Å². The van der Waals surface area contributed by atoms with Crippen LogP contribution in [0.4, 0.5) is 0 Å². The second-order valence-corrected chi connectivity index (χ2v) is 5.70. The molecule has 1 spiro atoms. The van der Waals surface area contributed by atoms with Crippen molar-refractivity contribution in [1.82, 2.24) is 0 Å². The zero-order valence-electron chi connectivity index (χ0n) is 10.7. The van der Waals surface area contributed by atoms with E-state index in [-0.39, 0.29) is 5.60 Å². The second kappa shape index (κ2) is 4.45. The van der Waals surface area contributed by atoms with Gasteiger partial charge in [-0.1, -0.05) is 44.0 Å². The van der Waals surface area contributed by atoms with E-state index in [9.17, 15) is 0 Å². The Morgan fingerprint density at radius 3 is 2.53 bits per heavy atom. The Kier molecular flexibility index (Phi) is 2.96. The Labute approximate surface area is 104 Å². The van der Waals surface area contributed by atoms with E-state index in [2.05, 4.69) is 31.2 Å². The third kappa shape index (κ3) is 2.13. The van der Waals surface area contributed by atoms with Crippen molar-refractivity contribution < 1.29 is 4.74 Å². The van der Waals surface area contributed by atoms with Crippen LogP contribution in [0.5, 0.6) is 0 Å². The van der Waals surface area contributed by atoms with Crippen molar-refractivity contribution in [3.8, 4) is 0 Å². The maximum Gasteiger partial charge on any atom is 0.0689 e. The summed E-state index contributed by atoms with van der Waals surface area (Å²) in [4.78, 5) is 0. The lowest BCUT2D eigenvalue weighted by molar-refractivity contribution is 0.0101. The minimum atomic E-state index is 0.258. The van der Waals surface area contributed by atoms with Crippen molar-refractivity contribution in [2.75, 3.05) is 6.61 Å². The molecule has 1 aromatic carbocycles. The number of aryl methyl sites for hydroxylation is 1. The SMILES string of the molecule is CCc1ccc(C2COC3(CCCC3)C2)cc1. The summed E-state index contributed by atoms with van der Waals surface area (Å²) < 4.78 is 6.13. The number of hydrogen-bond donors (Lipinski definition) is 0. The molecule has 1 nitrogen and oxygen atoms in total. The topological polar surface area (TPSA) is 9.23 Å². The van der Waals surface area contributed by atoms with Crippen LogP contribution >= 0.6 is 0 Å². The monoisotopic (exact) mass is 230 g/mol. The first kappa shape index (κ1) is 11.3. The minimum absolute atomic E-state index is 0.258. The van der Waals surface area contributed by atoms with E-state index < -0.39 is 0 Å². The van der Waals surface area contributed by atoms with Crippen LogP contribution in [-0.2, 0) is 11.2 Å². The second-order valence-electron chi connectivity index (χ2n) is 5.70. The Bertz CT molecular complexity index is 373. The highest BCUT2D eigenvalue weighted by Crippen LogP contribution is 2.46. The minimum Gasteiger partial charge on any atom is -0.374 e. The highest BCUT2D eigenvalue weighted by molar-refractivity contribution is 5.26. The summed E-state index contributed by atoms with van der Waals surface area (Å²) in [5.41, 5.74) is 3.17. The summed E-state index contributed by atoms with van der Waals surface area (Å²) in [5, 5.41) is 0. The lowest BCUT2D eigenvalue weighted by atomic mass is 9.88. The van der Waals surface area contributed by atoms with Gasteiger partial charge in [-0.25, -0.2) is 0 Å². The number of rotatable bonds is 2. The van der Waals surface area contributed by atoms with Crippen LogP contribution < -0.4 is 0 Å². The van der Waals surface area contributed by atoms with E-state index in [1.165, 1.54) is 43.2 Å². The molecule has 1 saturated carbocycles. The molecule has 1 atom stereocenters. The third-order valence-corrected chi connectivity index (χ3v) is 4.58. The van der Waals surface area contributed by atoms with Crippen LogP contribution in [-0.4, -0.2) is 12.2 Å². The number of benzene rings is 1. The van der Waals surface area contributed by atoms with Crippen LogP contribution in [0.3, 0.4) is 0 Å². The van der Waals surface area contributed by atoms with E-state index in [1.807, 2.05) is 0 Å². The fourth-order valence-electron chi connectivity index (χ4n) is 3.45. The average molecular weight is 230 g/mol. The molecule has 1 aliphatic heterocycles. The molecule has 0 bridgehead atoms. The molecule has 3 rings (SSSR count). The van der Waals surface area contributed by atoms with Crippen molar-refractivity contribution in [3.63, 3.8) is 0 Å². The van der Waals surface area contributed by atoms with E-state index in [0.717, 1.165) is 13.0 Å². The van der Waals surface area contributed by atoms with Crippen molar-refractivity contribution >= 4 is 0 Å². The van der Waals surface area contributed by atoms with E-state index >= 15 is 0 Å². The predicted molar refractivity (Wildman–Crippen MR) is 70.3 cm³/mol. The molecule has 0 radical (unpaired) electrons. The average Bonchev–Trinajstić information content (AvgIpc) is 3.01. The first-order chi connectivity index (χ1) is 8.31. The lowest BCUT2D eigenvalue weighted by Gasteiger charge is -2.21. The molecule has 1 heteroatoms. The van der Waals surface area contributed by atoms with Gasteiger partial charge in [-0.05, 0) is 36.8 Å². The van der Waals surface area contributed by atoms with Gasteiger partial charge in [0.15, 0.2) is 0 Å². The van der Waals surface area contributed by atoms with Crippen LogP contribution in [0.25, 0.3) is 0 Å². The van der Waals surface area contributed by atoms with Crippen LogP contribution in [0.1, 0.15) is 56.1 Å². The molecular weight excluding hydrogens is 208 g/mol. The highest BCUT2D eigenvalue weighted by atomic mass is 16.5. The van der Waals surface area contributed by atoms with Crippen LogP contribution in [0.15, 0.2) is 24.3 Å². The Morgan fingerprint density at radius 1 is 1.18 bits per heavy atom. The molecule has 0 amide bonds. The van der Waals surface area contributed by atoms with Gasteiger partial charge in [-0.2, -0.15) is 0 Å². The molecule has 1 heterocycles. The van der Waals surface area contributed by atoms with Gasteiger partial charge in [0.05, 0.1) is 12.2 Å². The fourth-order valence-corrected chi connectivity index (χ4v) is 3.45. The molecule has 1 aromatic rings. The largest absolute Gasteiger partial charge is 0.374 e. The molecule has 0 aromatic heterocycles. The zero-order valence-corrected chi connectivity index (χ0v) is 10.7. The summed E-state index contributed by atoms with van der Waals surface area (Å²) in [6.07, 6.45) is 7.68. The summed E-state index contributed by atoms with van der Waals surface area (Å²) >= 11 is 0. The van der Waals surface area contributed by atoms with Crippen molar-refractivity contribution in [2.45, 2.75) is 57.0 Å². The van der Waals surface area contributed by atoms with Crippen molar-refractivity contribution in [3.05, 3.63) is 35.4 Å². The van der Waals surface area contributed by atoms with Gasteiger partial charge in [0, 0.05) is 5.92 Å². The summed E-state index contributed by atoms with van der Waals surface area (Å²) in [7, 11) is 0. The molecule has 17 heavy (non-hydrogen) atoms. The third-order valence-electron chi connectivity index (χ3n) is 4.58. The molecule has 1 unspecified atom stereocenters. The van der Waals surface area contributed by atoms with Gasteiger partial charge in [0.2, 0.25) is 0 Å². The summed E-state index contributed by atoms with van der Waals surface area (Å²) in [5.74, 6) is 0.638. The lowest BCUT2D eigenvalue weighted by Crippen LogP contribution is -2.22. The standard InChI is InChI=1S/C16H22O/c1-2-13-5-7-14(8-6-13)15-11-16(17-12-15)9-3-4-10-16/h5-8,15H,2-4,9-12H2,1H3. The van der Waals surface area contributed by atoms with Gasteiger partial charge in [0.1, 0.15) is 0 Å². The van der Waals surface area contributed by atoms with Gasteiger partial charge >= 0.3 is 0 Å². The molecule has 1 saturated heterocycles. The zero-order chi connectivity index (χ0) is 11.7. The molecule has 2 fully saturated rings. The van der Waals surface area contributed by atoms with Gasteiger partial charge in [0.25, 0.3) is 0 Å². The molecule has 92 valence electrons. The van der Waals surface area contributed by atoms with Crippen LogP contribution in [0, 0.1) is 0 Å². The maximum atomic E-state index is 6.13. The van der Waals surface area contributed by atoms with Crippen molar-refractivity contribution in [2.24, 2.45) is 0 Å². The number of ether oxygens (including phenoxy) is 1. The van der Waals surface area contributed by atoms with E-state index in [0.29, 0.717) is 5.92 Å². The first-order valence-electron chi connectivity index (χ1n) is 7.04. The molecule has 1 aliphatic carbocycles. The van der Waals surface area contributed by atoms with Crippen LogP contribution in [0.2, 0.25) is 0 Å². The maximum absolute atomic E-state index is 6.13. The van der Waals surface area contributed by atoms with Crippen molar-refractivity contribution in [1.29, 1.82) is 0 Å². The normalized spacial score (nSPS) is 26.8. The van der Waals surface area contributed by atoms with Gasteiger partial charge in [-0.3, -0.25) is 0 Å². The quantitative estimate of drug-likeness (QED) is 0.744. The Hall–Kier alpha value is -0.820. The number of hydrogen-bond acceptors (Lipinski definition) is 1. The summed E-state index contributed by atoms with van der Waals surface area (Å²) in [6.45, 7) is 3.15. The highest BCUT2D eigenvalue weighted by Gasteiger charge is 2.42. The molecule has 0 N–H and O–H groups in total. The Balaban J connectivity index is 1.72. The fraction of sp³-hybridized carbons (Fsp3) is 0.625. The first-order valence-corrected chi connectivity index (χ1v) is 7.04. The summed E-state index contributed by atoms with van der Waals surface area (Å²) in [6, 6.07) is 9.16.